The van der Waals surface area contributed by atoms with Gasteiger partial charge in [-0.2, -0.15) is 0 Å². The molecule has 2 fully saturated rings. The van der Waals surface area contributed by atoms with Crippen LogP contribution >= 0.6 is 11.8 Å². The first-order valence-corrected chi connectivity index (χ1v) is 8.14. The number of nitrogens with zero attached hydrogens (tertiary/aromatic N) is 1. The number of carbonyl (C=O) groups excluding carboxylic acids is 1. The van der Waals surface area contributed by atoms with Crippen LogP contribution in [-0.4, -0.2) is 47.5 Å². The SMILES string of the molecule is CNC1CCC(N(C)C(=O)C2(C)CCCS2)CC1. The van der Waals surface area contributed by atoms with E-state index < -0.39 is 0 Å². The Balaban J connectivity index is 1.91. The van der Waals surface area contributed by atoms with Gasteiger partial charge in [0.1, 0.15) is 0 Å². The lowest BCUT2D eigenvalue weighted by Gasteiger charge is -2.38. The molecule has 1 atom stereocenters. The number of nitrogens with one attached hydrogen (secondary N) is 1. The average molecular weight is 270 g/mol. The molecule has 2 aliphatic rings. The second-order valence-electron chi connectivity index (χ2n) is 5.89. The molecule has 1 aliphatic heterocycles. The summed E-state index contributed by atoms with van der Waals surface area (Å²) in [6, 6.07) is 1.11. The molecule has 3 nitrogen and oxygen atoms in total. The van der Waals surface area contributed by atoms with Crippen LogP contribution in [0.15, 0.2) is 0 Å². The number of thioether (sulfide) groups is 1. The zero-order valence-corrected chi connectivity index (χ0v) is 12.7. The molecular weight excluding hydrogens is 244 g/mol. The Morgan fingerprint density at radius 1 is 1.33 bits per heavy atom. The lowest BCUT2D eigenvalue weighted by molar-refractivity contribution is -0.134. The summed E-state index contributed by atoms with van der Waals surface area (Å²) >= 11 is 1.85. The van der Waals surface area contributed by atoms with Gasteiger partial charge in [0.05, 0.1) is 4.75 Å². The van der Waals surface area contributed by atoms with Gasteiger partial charge in [0.25, 0.3) is 0 Å². The van der Waals surface area contributed by atoms with Gasteiger partial charge in [-0.25, -0.2) is 0 Å². The number of hydrogen-bond donors (Lipinski definition) is 1. The maximum atomic E-state index is 12.6. The molecule has 1 heterocycles. The van der Waals surface area contributed by atoms with E-state index in [1.165, 1.54) is 19.3 Å². The Bertz CT molecular complexity index is 294. The largest absolute Gasteiger partial charge is 0.342 e. The molecule has 1 unspecified atom stereocenters. The van der Waals surface area contributed by atoms with Gasteiger partial charge in [-0.05, 0) is 58.2 Å². The fourth-order valence-corrected chi connectivity index (χ4v) is 4.53. The van der Waals surface area contributed by atoms with Crippen molar-refractivity contribution in [1.29, 1.82) is 0 Å². The topological polar surface area (TPSA) is 32.3 Å². The first kappa shape index (κ1) is 14.2. The molecule has 1 amide bonds. The van der Waals surface area contributed by atoms with Crippen molar-refractivity contribution in [2.45, 2.75) is 62.3 Å². The summed E-state index contributed by atoms with van der Waals surface area (Å²) < 4.78 is -0.144. The van der Waals surface area contributed by atoms with Crippen molar-refractivity contribution in [3.05, 3.63) is 0 Å². The quantitative estimate of drug-likeness (QED) is 0.854. The van der Waals surface area contributed by atoms with Gasteiger partial charge >= 0.3 is 0 Å². The number of rotatable bonds is 3. The molecule has 4 heteroatoms. The van der Waals surface area contributed by atoms with E-state index in [4.69, 9.17) is 0 Å². The lowest BCUT2D eigenvalue weighted by Crippen LogP contribution is -2.48. The van der Waals surface area contributed by atoms with Crippen LogP contribution in [0.25, 0.3) is 0 Å². The predicted octanol–water partition coefficient (Wildman–Crippen LogP) is 2.26. The van der Waals surface area contributed by atoms with Crippen LogP contribution in [0.3, 0.4) is 0 Å². The minimum Gasteiger partial charge on any atom is -0.342 e. The summed E-state index contributed by atoms with van der Waals surface area (Å²) in [5.41, 5.74) is 0. The highest BCUT2D eigenvalue weighted by Crippen LogP contribution is 2.40. The van der Waals surface area contributed by atoms with Crippen LogP contribution in [0.5, 0.6) is 0 Å². The molecule has 0 aromatic carbocycles. The summed E-state index contributed by atoms with van der Waals surface area (Å²) in [5.74, 6) is 1.50. The molecule has 0 bridgehead atoms. The molecule has 1 N–H and O–H groups in total. The molecule has 1 aliphatic carbocycles. The normalized spacial score (nSPS) is 36.6. The smallest absolute Gasteiger partial charge is 0.238 e. The molecule has 1 saturated carbocycles. The van der Waals surface area contributed by atoms with Gasteiger partial charge in [-0.15, -0.1) is 11.8 Å². The molecule has 0 radical (unpaired) electrons. The van der Waals surface area contributed by atoms with E-state index in [-0.39, 0.29) is 4.75 Å². The van der Waals surface area contributed by atoms with Gasteiger partial charge in [0.15, 0.2) is 0 Å². The van der Waals surface area contributed by atoms with E-state index in [2.05, 4.69) is 12.2 Å². The molecule has 104 valence electrons. The third-order valence-corrected chi connectivity index (χ3v) is 6.15. The fraction of sp³-hybridized carbons (Fsp3) is 0.929. The molecule has 0 spiro atoms. The minimum atomic E-state index is -0.144. The molecule has 2 rings (SSSR count). The van der Waals surface area contributed by atoms with Crippen LogP contribution in [0, 0.1) is 0 Å². The molecular formula is C14H26N2OS. The van der Waals surface area contributed by atoms with Crippen molar-refractivity contribution >= 4 is 17.7 Å². The zero-order valence-electron chi connectivity index (χ0n) is 11.9. The summed E-state index contributed by atoms with van der Waals surface area (Å²) in [4.78, 5) is 14.7. The highest BCUT2D eigenvalue weighted by atomic mass is 32.2. The monoisotopic (exact) mass is 270 g/mol. The Morgan fingerprint density at radius 3 is 2.50 bits per heavy atom. The number of hydrogen-bond acceptors (Lipinski definition) is 3. The van der Waals surface area contributed by atoms with Crippen LogP contribution in [0.2, 0.25) is 0 Å². The molecule has 18 heavy (non-hydrogen) atoms. The summed E-state index contributed by atoms with van der Waals surface area (Å²) in [6.45, 7) is 2.13. The average Bonchev–Trinajstić information content (AvgIpc) is 2.85. The van der Waals surface area contributed by atoms with E-state index in [0.717, 1.165) is 25.0 Å². The van der Waals surface area contributed by atoms with Crippen LogP contribution in [0.4, 0.5) is 0 Å². The summed E-state index contributed by atoms with van der Waals surface area (Å²) in [7, 11) is 4.05. The Labute approximate surface area is 115 Å². The maximum Gasteiger partial charge on any atom is 0.238 e. The first-order chi connectivity index (χ1) is 8.57. The number of carbonyl (C=O) groups is 1. The van der Waals surface area contributed by atoms with Crippen molar-refractivity contribution in [3.8, 4) is 0 Å². The summed E-state index contributed by atoms with van der Waals surface area (Å²) in [5, 5.41) is 3.35. The van der Waals surface area contributed by atoms with Crippen molar-refractivity contribution < 1.29 is 4.79 Å². The fourth-order valence-electron chi connectivity index (χ4n) is 3.24. The van der Waals surface area contributed by atoms with E-state index in [0.29, 0.717) is 18.0 Å². The maximum absolute atomic E-state index is 12.6. The van der Waals surface area contributed by atoms with Crippen molar-refractivity contribution in [3.63, 3.8) is 0 Å². The van der Waals surface area contributed by atoms with E-state index >= 15 is 0 Å². The zero-order chi connectivity index (χ0) is 13.2. The van der Waals surface area contributed by atoms with Crippen molar-refractivity contribution in [1.82, 2.24) is 10.2 Å². The van der Waals surface area contributed by atoms with Crippen LogP contribution in [-0.2, 0) is 4.79 Å². The standard InChI is InChI=1S/C14H26N2OS/c1-14(9-4-10-18-14)13(17)16(3)12-7-5-11(15-2)6-8-12/h11-12,15H,4-10H2,1-3H3. The second-order valence-corrected chi connectivity index (χ2v) is 7.49. The third-order valence-electron chi connectivity index (χ3n) is 4.64. The highest BCUT2D eigenvalue weighted by molar-refractivity contribution is 8.01. The van der Waals surface area contributed by atoms with Gasteiger partial charge in [-0.3, -0.25) is 4.79 Å². The van der Waals surface area contributed by atoms with E-state index in [1.54, 1.807) is 0 Å². The molecule has 1 saturated heterocycles. The van der Waals surface area contributed by atoms with E-state index in [9.17, 15) is 4.79 Å². The van der Waals surface area contributed by atoms with Crippen molar-refractivity contribution in [2.75, 3.05) is 19.8 Å². The minimum absolute atomic E-state index is 0.144. The molecule has 0 aromatic heterocycles. The second kappa shape index (κ2) is 5.83. The van der Waals surface area contributed by atoms with Gasteiger partial charge in [0, 0.05) is 19.1 Å². The van der Waals surface area contributed by atoms with E-state index in [1.807, 2.05) is 30.8 Å². The summed E-state index contributed by atoms with van der Waals surface area (Å²) in [6.07, 6.45) is 6.92. The predicted molar refractivity (Wildman–Crippen MR) is 78.0 cm³/mol. The van der Waals surface area contributed by atoms with Gasteiger partial charge in [-0.1, -0.05) is 0 Å². The first-order valence-electron chi connectivity index (χ1n) is 7.15. The van der Waals surface area contributed by atoms with Crippen molar-refractivity contribution in [2.24, 2.45) is 0 Å². The van der Waals surface area contributed by atoms with Gasteiger partial charge in [0.2, 0.25) is 5.91 Å². The molecule has 0 aromatic rings. The van der Waals surface area contributed by atoms with Crippen LogP contribution < -0.4 is 5.32 Å². The Hall–Kier alpha value is -0.220. The number of amides is 1. The third kappa shape index (κ3) is 2.85. The Morgan fingerprint density at radius 2 is 2.00 bits per heavy atom. The van der Waals surface area contributed by atoms with Crippen LogP contribution in [0.1, 0.15) is 45.4 Å². The highest BCUT2D eigenvalue weighted by Gasteiger charge is 2.41. The lowest BCUT2D eigenvalue weighted by atomic mass is 9.89. The Kier molecular flexibility index (Phi) is 4.59. The van der Waals surface area contributed by atoms with Gasteiger partial charge < -0.3 is 10.2 Å².